The number of hydrogen-bond donors (Lipinski definition) is 0. The molecule has 0 saturated heterocycles. The minimum absolute atomic E-state index is 0.549. The Morgan fingerprint density at radius 3 is 2.83 bits per heavy atom. The molecule has 3 aromatic rings. The van der Waals surface area contributed by atoms with Crippen molar-refractivity contribution in [3.63, 3.8) is 0 Å². The van der Waals surface area contributed by atoms with Crippen molar-refractivity contribution in [3.8, 4) is 22.8 Å². The van der Waals surface area contributed by atoms with E-state index in [-0.39, 0.29) is 0 Å². The van der Waals surface area contributed by atoms with Gasteiger partial charge in [-0.05, 0) is 36.8 Å². The highest BCUT2D eigenvalue weighted by Gasteiger charge is 2.11. The zero-order chi connectivity index (χ0) is 12.5. The summed E-state index contributed by atoms with van der Waals surface area (Å²) in [6.45, 7) is 1.99. The number of rotatable bonds is 2. The Morgan fingerprint density at radius 1 is 1.22 bits per heavy atom. The van der Waals surface area contributed by atoms with Gasteiger partial charge in [-0.15, -0.1) is 0 Å². The minimum atomic E-state index is 0.549. The fourth-order valence-corrected chi connectivity index (χ4v) is 2.05. The molecule has 0 saturated carbocycles. The summed E-state index contributed by atoms with van der Waals surface area (Å²) in [5.41, 5.74) is 2.87. The summed E-state index contributed by atoms with van der Waals surface area (Å²) < 4.78 is 10.7. The number of benzene rings is 1. The zero-order valence-electron chi connectivity index (χ0n) is 9.68. The van der Waals surface area contributed by atoms with Gasteiger partial charge in [0.25, 0.3) is 0 Å². The van der Waals surface area contributed by atoms with E-state index in [1.54, 1.807) is 18.7 Å². The van der Waals surface area contributed by atoms with E-state index >= 15 is 0 Å². The topological polar surface area (TPSA) is 39.2 Å². The highest BCUT2D eigenvalue weighted by molar-refractivity contribution is 6.30. The molecule has 0 radical (unpaired) electrons. The molecule has 0 unspecified atom stereocenters. The summed E-state index contributed by atoms with van der Waals surface area (Å²) in [7, 11) is 0. The Bertz CT molecular complexity index is 671. The average molecular weight is 260 g/mol. The van der Waals surface area contributed by atoms with Crippen LogP contribution in [0.1, 0.15) is 5.56 Å². The zero-order valence-corrected chi connectivity index (χ0v) is 10.4. The van der Waals surface area contributed by atoms with Gasteiger partial charge in [0.2, 0.25) is 5.89 Å². The van der Waals surface area contributed by atoms with Crippen molar-refractivity contribution >= 4 is 11.6 Å². The summed E-state index contributed by atoms with van der Waals surface area (Å²) in [5, 5.41) is 0.714. The molecule has 90 valence electrons. The van der Waals surface area contributed by atoms with Crippen LogP contribution in [0.5, 0.6) is 0 Å². The van der Waals surface area contributed by atoms with Gasteiger partial charge >= 0.3 is 0 Å². The maximum Gasteiger partial charge on any atom is 0.229 e. The number of oxazole rings is 1. The Labute approximate surface area is 109 Å². The first-order valence-electron chi connectivity index (χ1n) is 5.49. The van der Waals surface area contributed by atoms with E-state index in [0.29, 0.717) is 10.9 Å². The minimum Gasteiger partial charge on any atom is -0.472 e. The predicted octanol–water partition coefficient (Wildman–Crippen LogP) is 4.56. The van der Waals surface area contributed by atoms with E-state index in [1.165, 1.54) is 0 Å². The van der Waals surface area contributed by atoms with Gasteiger partial charge in [-0.2, -0.15) is 0 Å². The summed E-state index contributed by atoms with van der Waals surface area (Å²) in [6.07, 6.45) is 4.90. The van der Waals surface area contributed by atoms with Crippen molar-refractivity contribution in [1.29, 1.82) is 0 Å². The van der Waals surface area contributed by atoms with Crippen molar-refractivity contribution in [2.24, 2.45) is 0 Å². The summed E-state index contributed by atoms with van der Waals surface area (Å²) in [4.78, 5) is 4.24. The molecule has 0 aliphatic heterocycles. The van der Waals surface area contributed by atoms with Crippen molar-refractivity contribution < 1.29 is 8.83 Å². The van der Waals surface area contributed by atoms with Gasteiger partial charge in [0.15, 0.2) is 5.76 Å². The Hall–Kier alpha value is -2.00. The molecular formula is C14H10ClNO2. The quantitative estimate of drug-likeness (QED) is 0.677. The van der Waals surface area contributed by atoms with Gasteiger partial charge in [-0.1, -0.05) is 11.6 Å². The predicted molar refractivity (Wildman–Crippen MR) is 69.4 cm³/mol. The van der Waals surface area contributed by atoms with Crippen LogP contribution in [0.3, 0.4) is 0 Å². The molecule has 0 amide bonds. The fourth-order valence-electron chi connectivity index (χ4n) is 1.82. The fraction of sp³-hybridized carbons (Fsp3) is 0.0714. The molecule has 2 heterocycles. The lowest BCUT2D eigenvalue weighted by atomic mass is 10.1. The molecule has 0 N–H and O–H groups in total. The van der Waals surface area contributed by atoms with Crippen LogP contribution < -0.4 is 0 Å². The van der Waals surface area contributed by atoms with Gasteiger partial charge in [0.05, 0.1) is 18.0 Å². The summed E-state index contributed by atoms with van der Waals surface area (Å²) >= 11 is 5.93. The molecule has 0 spiro atoms. The summed E-state index contributed by atoms with van der Waals surface area (Å²) in [5.74, 6) is 1.27. The molecule has 0 aliphatic carbocycles. The van der Waals surface area contributed by atoms with Crippen LogP contribution in [0, 0.1) is 6.92 Å². The lowest BCUT2D eigenvalue weighted by molar-refractivity contribution is 0.561. The monoisotopic (exact) mass is 259 g/mol. The molecule has 3 rings (SSSR count). The lowest BCUT2D eigenvalue weighted by Crippen LogP contribution is -1.80. The van der Waals surface area contributed by atoms with Crippen LogP contribution in [0.2, 0.25) is 5.02 Å². The highest BCUT2D eigenvalue weighted by atomic mass is 35.5. The molecule has 0 atom stereocenters. The largest absolute Gasteiger partial charge is 0.472 e. The van der Waals surface area contributed by atoms with E-state index in [9.17, 15) is 0 Å². The van der Waals surface area contributed by atoms with Crippen LogP contribution in [0.25, 0.3) is 22.8 Å². The van der Waals surface area contributed by atoms with Crippen LogP contribution in [0.15, 0.2) is 51.8 Å². The van der Waals surface area contributed by atoms with Crippen molar-refractivity contribution in [3.05, 3.63) is 53.6 Å². The molecule has 1 aromatic carbocycles. The van der Waals surface area contributed by atoms with Crippen LogP contribution in [-0.2, 0) is 0 Å². The van der Waals surface area contributed by atoms with Gasteiger partial charge in [-0.3, -0.25) is 0 Å². The third-order valence-corrected chi connectivity index (χ3v) is 2.96. The molecule has 2 aromatic heterocycles. The van der Waals surface area contributed by atoms with E-state index < -0.39 is 0 Å². The Morgan fingerprint density at radius 2 is 2.11 bits per heavy atom. The normalized spacial score (nSPS) is 10.8. The second kappa shape index (κ2) is 4.35. The van der Waals surface area contributed by atoms with Crippen LogP contribution >= 0.6 is 11.6 Å². The Balaban J connectivity index is 2.03. The molecule has 3 nitrogen and oxygen atoms in total. The Kier molecular flexibility index (Phi) is 2.68. The maximum atomic E-state index is 5.93. The third kappa shape index (κ3) is 1.93. The molecular weight excluding hydrogens is 250 g/mol. The molecule has 4 heteroatoms. The van der Waals surface area contributed by atoms with E-state index in [2.05, 4.69) is 4.98 Å². The average Bonchev–Trinajstić information content (AvgIpc) is 2.99. The molecule has 0 aliphatic rings. The first kappa shape index (κ1) is 11.1. The van der Waals surface area contributed by atoms with Crippen molar-refractivity contribution in [2.45, 2.75) is 6.92 Å². The van der Waals surface area contributed by atoms with E-state index in [0.717, 1.165) is 22.5 Å². The number of aromatic nitrogens is 1. The maximum absolute atomic E-state index is 5.93. The number of hydrogen-bond acceptors (Lipinski definition) is 3. The van der Waals surface area contributed by atoms with E-state index in [1.807, 2.05) is 31.2 Å². The molecule has 0 fully saturated rings. The van der Waals surface area contributed by atoms with Crippen molar-refractivity contribution in [2.75, 3.05) is 0 Å². The second-order valence-electron chi connectivity index (χ2n) is 4.00. The smallest absolute Gasteiger partial charge is 0.229 e. The van der Waals surface area contributed by atoms with Gasteiger partial charge in [0.1, 0.15) is 6.26 Å². The van der Waals surface area contributed by atoms with Gasteiger partial charge < -0.3 is 8.83 Å². The SMILES string of the molecule is Cc1cc(Cl)ccc1-c1cnc(-c2ccoc2)o1. The number of aryl methyl sites for hydroxylation is 1. The third-order valence-electron chi connectivity index (χ3n) is 2.73. The van der Waals surface area contributed by atoms with E-state index in [4.69, 9.17) is 20.4 Å². The first-order valence-corrected chi connectivity index (χ1v) is 5.87. The highest BCUT2D eigenvalue weighted by Crippen LogP contribution is 2.29. The molecule has 18 heavy (non-hydrogen) atoms. The molecule has 0 bridgehead atoms. The standard InChI is InChI=1S/C14H10ClNO2/c1-9-6-11(15)2-3-12(9)13-7-16-14(18-13)10-4-5-17-8-10/h2-8H,1H3. The summed E-state index contributed by atoms with van der Waals surface area (Å²) in [6, 6.07) is 7.47. The van der Waals surface area contributed by atoms with Gasteiger partial charge in [0, 0.05) is 10.6 Å². The number of nitrogens with zero attached hydrogens (tertiary/aromatic N) is 1. The second-order valence-corrected chi connectivity index (χ2v) is 4.44. The van der Waals surface area contributed by atoms with Crippen LogP contribution in [-0.4, -0.2) is 4.98 Å². The lowest BCUT2D eigenvalue weighted by Gasteiger charge is -2.01. The van der Waals surface area contributed by atoms with Crippen LogP contribution in [0.4, 0.5) is 0 Å². The number of halogens is 1. The first-order chi connectivity index (χ1) is 8.74. The number of furan rings is 1. The van der Waals surface area contributed by atoms with Gasteiger partial charge in [-0.25, -0.2) is 4.98 Å². The van der Waals surface area contributed by atoms with Crippen molar-refractivity contribution in [1.82, 2.24) is 4.98 Å².